The topological polar surface area (TPSA) is 339 Å². The summed E-state index contributed by atoms with van der Waals surface area (Å²) in [6.45, 7) is -0.583. The molecule has 0 fully saturated rings. The van der Waals surface area contributed by atoms with Crippen molar-refractivity contribution in [3.8, 4) is 5.75 Å². The van der Waals surface area contributed by atoms with Crippen molar-refractivity contribution in [2.24, 2.45) is 11.5 Å². The molecule has 0 spiro atoms. The third-order valence-electron chi connectivity index (χ3n) is 9.58. The number of benzene rings is 1. The maximum atomic E-state index is 12.7. The van der Waals surface area contributed by atoms with E-state index in [1.165, 1.54) is 12.1 Å². The van der Waals surface area contributed by atoms with Gasteiger partial charge >= 0.3 is 11.9 Å². The van der Waals surface area contributed by atoms with E-state index in [0.717, 1.165) is 44.9 Å². The van der Waals surface area contributed by atoms with Gasteiger partial charge in [0.2, 0.25) is 35.8 Å². The molecule has 0 unspecified atom stereocenters. The summed E-state index contributed by atoms with van der Waals surface area (Å²) in [6, 6.07) is 0.561. The van der Waals surface area contributed by atoms with Crippen molar-refractivity contribution in [3.05, 3.63) is 29.8 Å². The second-order valence-corrected chi connectivity index (χ2v) is 14.7. The van der Waals surface area contributed by atoms with E-state index in [0.29, 0.717) is 63.8 Å². The number of carbonyl (C=O) groups is 7. The number of carboxylic acid groups (broad SMARTS) is 2. The zero-order valence-corrected chi connectivity index (χ0v) is 34.9. The van der Waals surface area contributed by atoms with Gasteiger partial charge in [-0.3, -0.25) is 28.8 Å². The highest BCUT2D eigenvalue weighted by Gasteiger charge is 2.27. The van der Waals surface area contributed by atoms with Crippen LogP contribution in [0.5, 0.6) is 5.75 Å². The lowest BCUT2D eigenvalue weighted by molar-refractivity contribution is -0.142. The maximum Gasteiger partial charge on any atom is 0.335 e. The van der Waals surface area contributed by atoms with Crippen molar-refractivity contribution < 1.29 is 63.5 Å². The van der Waals surface area contributed by atoms with Gasteiger partial charge in [-0.1, -0.05) is 38.5 Å². The summed E-state index contributed by atoms with van der Waals surface area (Å²) in [4.78, 5) is 95.6. The van der Waals surface area contributed by atoms with Gasteiger partial charge in [-0.05, 0) is 82.1 Å². The van der Waals surface area contributed by atoms with Crippen LogP contribution in [0, 0.1) is 0 Å². The summed E-state index contributed by atoms with van der Waals surface area (Å²) in [5.74, 6) is -5.00. The molecule has 343 valence electrons. The first-order valence-electron chi connectivity index (χ1n) is 21.0. The molecule has 5 atom stereocenters. The molecule has 0 saturated carbocycles. The Bertz CT molecular complexity index is 1500. The molecule has 0 saturated heterocycles. The summed E-state index contributed by atoms with van der Waals surface area (Å²) in [5.41, 5.74) is 11.6. The second kappa shape index (κ2) is 32.6. The number of aliphatic carboxylic acids is 1. The van der Waals surface area contributed by atoms with Crippen LogP contribution in [0.15, 0.2) is 24.3 Å². The standard InChI is InChI=1S/C41H66N7O13/c42-29(25-49)13-8-10-22-44-37(54)31(43)14-9-11-23-45-38(55)33(26-50)48-39(56)34(27-51)47-36(53)21-20-32(41(59)60)46-35(52)15-7-5-3-1-2-4-6-12-24-61-30-18-16-28(17-19-30)40(57)58/h16-19,29,31-34,50-51H,1-15,20-24,26-27,42-43H2,(H,44,54)(H,45,55)(H,46,52)(H,47,53)(H,48,56)(H,57,58)(H,59,60)/t29-,31-,32-,33-,34-/m0/s1. The number of hydrogen-bond acceptors (Lipinski definition) is 13. The molecule has 0 aliphatic rings. The molecule has 13 N–H and O–H groups in total. The van der Waals surface area contributed by atoms with E-state index in [2.05, 4.69) is 26.6 Å². The molecular weight excluding hydrogens is 798 g/mol. The fourth-order valence-electron chi connectivity index (χ4n) is 5.90. The molecule has 61 heavy (non-hydrogen) atoms. The van der Waals surface area contributed by atoms with E-state index in [9.17, 15) is 53.7 Å². The highest BCUT2D eigenvalue weighted by atomic mass is 16.5. The fourth-order valence-corrected chi connectivity index (χ4v) is 5.90. The van der Waals surface area contributed by atoms with E-state index >= 15 is 0 Å². The quantitative estimate of drug-likeness (QED) is 0.0393. The predicted molar refractivity (Wildman–Crippen MR) is 223 cm³/mol. The van der Waals surface area contributed by atoms with Gasteiger partial charge in [-0.25, -0.2) is 9.59 Å². The predicted octanol–water partition coefficient (Wildman–Crippen LogP) is -0.0844. The number of amides is 5. The van der Waals surface area contributed by atoms with Crippen LogP contribution in [-0.4, -0.2) is 131 Å². The van der Waals surface area contributed by atoms with Gasteiger partial charge in [0.15, 0.2) is 0 Å². The number of ether oxygens (including phenoxy) is 1. The van der Waals surface area contributed by atoms with Crippen LogP contribution in [0.1, 0.15) is 120 Å². The molecule has 1 rings (SSSR count). The Balaban J connectivity index is 2.26. The van der Waals surface area contributed by atoms with Crippen molar-refractivity contribution >= 4 is 47.8 Å². The molecule has 0 aliphatic carbocycles. The lowest BCUT2D eigenvalue weighted by Crippen LogP contribution is -2.56. The monoisotopic (exact) mass is 864 g/mol. The highest BCUT2D eigenvalue weighted by Crippen LogP contribution is 2.14. The van der Waals surface area contributed by atoms with E-state index < -0.39 is 85.4 Å². The van der Waals surface area contributed by atoms with E-state index in [-0.39, 0.29) is 30.9 Å². The van der Waals surface area contributed by atoms with E-state index in [4.69, 9.17) is 21.3 Å². The summed E-state index contributed by atoms with van der Waals surface area (Å²) >= 11 is 0. The summed E-state index contributed by atoms with van der Waals surface area (Å²) in [6.07, 6.45) is 11.3. The number of hydrogen-bond donors (Lipinski definition) is 11. The van der Waals surface area contributed by atoms with Crippen LogP contribution in [0.2, 0.25) is 0 Å². The zero-order chi connectivity index (χ0) is 45.4. The molecular formula is C41H66N7O13. The zero-order valence-electron chi connectivity index (χ0n) is 34.9. The molecule has 1 radical (unpaired) electrons. The highest BCUT2D eigenvalue weighted by molar-refractivity contribution is 5.92. The Morgan fingerprint density at radius 3 is 1.69 bits per heavy atom. The van der Waals surface area contributed by atoms with Crippen molar-refractivity contribution in [1.82, 2.24) is 26.6 Å². The number of nitrogens with two attached hydrogens (primary N) is 2. The lowest BCUT2D eigenvalue weighted by atomic mass is 10.1. The number of unbranched alkanes of at least 4 members (excludes halogenated alkanes) is 9. The molecule has 1 aromatic rings. The average Bonchev–Trinajstić information content (AvgIpc) is 3.24. The number of carboxylic acids is 2. The Morgan fingerprint density at radius 2 is 1.11 bits per heavy atom. The summed E-state index contributed by atoms with van der Waals surface area (Å²) < 4.78 is 5.63. The Labute approximate surface area is 356 Å². The normalized spacial score (nSPS) is 13.4. The van der Waals surface area contributed by atoms with Crippen molar-refractivity contribution in [1.29, 1.82) is 0 Å². The van der Waals surface area contributed by atoms with Crippen LogP contribution in [0.25, 0.3) is 0 Å². The fraction of sp³-hybridized carbons (Fsp3) is 0.659. The smallest absolute Gasteiger partial charge is 0.335 e. The van der Waals surface area contributed by atoms with Crippen molar-refractivity contribution in [2.75, 3.05) is 32.9 Å². The van der Waals surface area contributed by atoms with Gasteiger partial charge in [0.25, 0.3) is 0 Å². The molecule has 1 aromatic carbocycles. The van der Waals surface area contributed by atoms with Gasteiger partial charge < -0.3 is 63.2 Å². The second-order valence-electron chi connectivity index (χ2n) is 14.7. The molecule has 0 aliphatic heterocycles. The number of aliphatic hydroxyl groups is 2. The minimum atomic E-state index is -1.52. The minimum absolute atomic E-state index is 0.113. The van der Waals surface area contributed by atoms with Gasteiger partial charge in [-0.15, -0.1) is 0 Å². The number of nitrogens with one attached hydrogen (secondary N) is 5. The Kier molecular flexibility index (Phi) is 28.7. The summed E-state index contributed by atoms with van der Waals surface area (Å²) in [7, 11) is 0. The minimum Gasteiger partial charge on any atom is -0.494 e. The van der Waals surface area contributed by atoms with Gasteiger partial charge in [0.05, 0.1) is 37.5 Å². The first-order valence-corrected chi connectivity index (χ1v) is 21.0. The number of aliphatic hydroxyl groups excluding tert-OH is 2. The maximum absolute atomic E-state index is 12.7. The molecule has 5 amide bonds. The number of carbonyl (C=O) groups excluding carboxylic acids is 6. The lowest BCUT2D eigenvalue weighted by Gasteiger charge is -2.21. The molecule has 20 nitrogen and oxygen atoms in total. The van der Waals surface area contributed by atoms with Gasteiger partial charge in [0, 0.05) is 25.9 Å². The van der Waals surface area contributed by atoms with Gasteiger partial charge in [0.1, 0.15) is 23.9 Å². The van der Waals surface area contributed by atoms with Crippen LogP contribution in [0.4, 0.5) is 0 Å². The third kappa shape index (κ3) is 25.3. The average molecular weight is 865 g/mol. The summed E-state index contributed by atoms with van der Waals surface area (Å²) in [5, 5.41) is 50.2. The molecule has 0 aromatic heterocycles. The first-order chi connectivity index (χ1) is 29.2. The van der Waals surface area contributed by atoms with E-state index in [1.54, 1.807) is 18.4 Å². The SMILES string of the molecule is N[C@H]([C]=O)CCCCNC(=O)[C@@H](N)CCCCNC(=O)[C@H](CO)NC(=O)[C@H](CO)NC(=O)CC[C@H](NC(=O)CCCCCCCCCCOc1ccc(C(=O)O)cc1)C(=O)O. The van der Waals surface area contributed by atoms with Crippen LogP contribution in [-0.2, 0) is 33.6 Å². The number of rotatable bonds is 36. The largest absolute Gasteiger partial charge is 0.494 e. The Hall–Kier alpha value is -5.18. The first kappa shape index (κ1) is 53.8. The van der Waals surface area contributed by atoms with Crippen LogP contribution >= 0.6 is 0 Å². The van der Waals surface area contributed by atoms with Crippen molar-refractivity contribution in [3.63, 3.8) is 0 Å². The van der Waals surface area contributed by atoms with Crippen molar-refractivity contribution in [2.45, 2.75) is 139 Å². The Morgan fingerprint density at radius 1 is 0.590 bits per heavy atom. The van der Waals surface area contributed by atoms with E-state index in [1.807, 2.05) is 0 Å². The van der Waals surface area contributed by atoms with Crippen LogP contribution in [0.3, 0.4) is 0 Å². The molecule has 0 bridgehead atoms. The molecule has 20 heteroatoms. The molecule has 0 heterocycles. The number of aromatic carboxylic acids is 1. The third-order valence-corrected chi connectivity index (χ3v) is 9.58. The van der Waals surface area contributed by atoms with Crippen LogP contribution < -0.4 is 42.8 Å². The van der Waals surface area contributed by atoms with Gasteiger partial charge in [-0.2, -0.15) is 0 Å².